The first-order valence-electron chi connectivity index (χ1n) is 3.95. The number of aromatic nitrogens is 3. The van der Waals surface area contributed by atoms with E-state index in [2.05, 4.69) is 26.2 Å². The molecular weight excluding hydrogens is 250 g/mol. The lowest BCUT2D eigenvalue weighted by molar-refractivity contribution is 0.183. The smallest absolute Gasteiger partial charge is 0.158 e. The van der Waals surface area contributed by atoms with E-state index in [1.807, 2.05) is 0 Å². The van der Waals surface area contributed by atoms with E-state index in [1.165, 1.54) is 10.9 Å². The van der Waals surface area contributed by atoms with Gasteiger partial charge < -0.3 is 9.52 Å². The summed E-state index contributed by atoms with van der Waals surface area (Å²) in [4.78, 5) is 0. The average molecular weight is 258 g/mol. The predicted octanol–water partition coefficient (Wildman–Crippen LogP) is 1.25. The molecule has 0 saturated heterocycles. The number of hydrogen-bond acceptors (Lipinski definition) is 4. The zero-order valence-corrected chi connectivity index (χ0v) is 8.97. The molecule has 5 nitrogen and oxygen atoms in total. The van der Waals surface area contributed by atoms with Gasteiger partial charge in [-0.05, 0) is 22.0 Å². The van der Waals surface area contributed by atoms with Crippen LogP contribution in [0, 0.1) is 0 Å². The van der Waals surface area contributed by atoms with Crippen molar-refractivity contribution in [2.75, 3.05) is 0 Å². The highest BCUT2D eigenvalue weighted by Crippen LogP contribution is 2.27. The van der Waals surface area contributed by atoms with Crippen molar-refractivity contribution in [1.29, 1.82) is 0 Å². The van der Waals surface area contributed by atoms with E-state index in [0.29, 0.717) is 11.5 Å². The van der Waals surface area contributed by atoms with Crippen LogP contribution in [0.15, 0.2) is 27.4 Å². The molecule has 0 fully saturated rings. The summed E-state index contributed by atoms with van der Waals surface area (Å²) in [6.07, 6.45) is 2.26. The molecule has 6 heteroatoms. The van der Waals surface area contributed by atoms with Gasteiger partial charge in [-0.15, -0.1) is 5.10 Å². The average Bonchev–Trinajstić information content (AvgIpc) is 2.73. The monoisotopic (exact) mass is 257 g/mol. The van der Waals surface area contributed by atoms with Crippen LogP contribution in [0.25, 0.3) is 0 Å². The first kappa shape index (κ1) is 9.42. The molecule has 0 spiro atoms. The number of hydrogen-bond donors (Lipinski definition) is 1. The lowest BCUT2D eigenvalue weighted by Gasteiger charge is -2.03. The number of halogens is 1. The van der Waals surface area contributed by atoms with Crippen LogP contribution in [0.4, 0.5) is 0 Å². The third kappa shape index (κ3) is 1.58. The Kier molecular flexibility index (Phi) is 2.39. The summed E-state index contributed by atoms with van der Waals surface area (Å²) in [7, 11) is 1.74. The molecule has 0 aliphatic heterocycles. The second-order valence-electron chi connectivity index (χ2n) is 2.85. The number of aryl methyl sites for hydroxylation is 1. The second-order valence-corrected chi connectivity index (χ2v) is 3.71. The molecule has 1 atom stereocenters. The molecule has 2 aromatic heterocycles. The molecule has 0 aliphatic rings. The highest BCUT2D eigenvalue weighted by atomic mass is 79.9. The maximum Gasteiger partial charge on any atom is 0.158 e. The number of nitrogens with zero attached hydrogens (tertiary/aromatic N) is 3. The Hall–Kier alpha value is -1.14. The molecule has 0 saturated carbocycles. The number of rotatable bonds is 2. The van der Waals surface area contributed by atoms with Gasteiger partial charge in [0.1, 0.15) is 5.69 Å². The fourth-order valence-corrected chi connectivity index (χ4v) is 1.54. The van der Waals surface area contributed by atoms with Gasteiger partial charge in [-0.3, -0.25) is 4.68 Å². The molecule has 0 aromatic carbocycles. The fraction of sp³-hybridized carbons (Fsp3) is 0.250. The largest absolute Gasteiger partial charge is 0.465 e. The Labute approximate surface area is 88.5 Å². The van der Waals surface area contributed by atoms with E-state index < -0.39 is 6.10 Å². The van der Waals surface area contributed by atoms with Crippen LogP contribution in [0.2, 0.25) is 0 Å². The van der Waals surface area contributed by atoms with Crippen LogP contribution in [0.3, 0.4) is 0 Å². The Balaban J connectivity index is 2.33. The van der Waals surface area contributed by atoms with Gasteiger partial charge in [-0.1, -0.05) is 5.21 Å². The normalized spacial score (nSPS) is 13.1. The van der Waals surface area contributed by atoms with Gasteiger partial charge in [-0.25, -0.2) is 0 Å². The van der Waals surface area contributed by atoms with Crippen molar-refractivity contribution < 1.29 is 9.52 Å². The molecular formula is C8H8BrN3O2. The van der Waals surface area contributed by atoms with Crippen molar-refractivity contribution in [1.82, 2.24) is 15.0 Å². The van der Waals surface area contributed by atoms with Crippen LogP contribution < -0.4 is 0 Å². The van der Waals surface area contributed by atoms with Gasteiger partial charge in [0.2, 0.25) is 0 Å². The predicted molar refractivity (Wildman–Crippen MR) is 51.5 cm³/mol. The van der Waals surface area contributed by atoms with Crippen molar-refractivity contribution in [3.8, 4) is 0 Å². The summed E-state index contributed by atoms with van der Waals surface area (Å²) in [5, 5.41) is 17.4. The maximum atomic E-state index is 9.84. The van der Waals surface area contributed by atoms with E-state index in [0.717, 1.165) is 4.47 Å². The molecule has 2 aromatic rings. The van der Waals surface area contributed by atoms with E-state index in [1.54, 1.807) is 19.3 Å². The van der Waals surface area contributed by atoms with Gasteiger partial charge in [0.25, 0.3) is 0 Å². The van der Waals surface area contributed by atoms with E-state index in [9.17, 15) is 5.11 Å². The number of aliphatic hydroxyl groups is 1. The van der Waals surface area contributed by atoms with Gasteiger partial charge in [0.15, 0.2) is 11.9 Å². The first-order chi connectivity index (χ1) is 6.68. The molecule has 2 heterocycles. The minimum Gasteiger partial charge on any atom is -0.465 e. The van der Waals surface area contributed by atoms with E-state index in [4.69, 9.17) is 4.42 Å². The first-order valence-corrected chi connectivity index (χ1v) is 4.75. The highest BCUT2D eigenvalue weighted by Gasteiger charge is 2.19. The van der Waals surface area contributed by atoms with Crippen LogP contribution in [0.1, 0.15) is 17.6 Å². The summed E-state index contributed by atoms with van der Waals surface area (Å²) < 4.78 is 7.36. The maximum absolute atomic E-state index is 9.84. The van der Waals surface area contributed by atoms with Crippen molar-refractivity contribution in [2.45, 2.75) is 6.10 Å². The Morgan fingerprint density at radius 3 is 2.93 bits per heavy atom. The van der Waals surface area contributed by atoms with Gasteiger partial charge in [0, 0.05) is 7.05 Å². The molecule has 14 heavy (non-hydrogen) atoms. The quantitative estimate of drug-likeness (QED) is 0.880. The van der Waals surface area contributed by atoms with E-state index in [-0.39, 0.29) is 0 Å². The molecule has 0 bridgehead atoms. The van der Waals surface area contributed by atoms with Gasteiger partial charge in [-0.2, -0.15) is 0 Å². The Morgan fingerprint density at radius 2 is 2.43 bits per heavy atom. The number of furan rings is 1. The van der Waals surface area contributed by atoms with Gasteiger partial charge >= 0.3 is 0 Å². The van der Waals surface area contributed by atoms with Crippen LogP contribution in [-0.4, -0.2) is 20.1 Å². The fourth-order valence-electron chi connectivity index (χ4n) is 1.13. The summed E-state index contributed by atoms with van der Waals surface area (Å²) in [6.45, 7) is 0. The summed E-state index contributed by atoms with van der Waals surface area (Å²) >= 11 is 3.26. The van der Waals surface area contributed by atoms with E-state index >= 15 is 0 Å². The third-order valence-electron chi connectivity index (χ3n) is 1.79. The number of aliphatic hydroxyl groups excluding tert-OH is 1. The molecule has 0 radical (unpaired) electrons. The second kappa shape index (κ2) is 3.55. The van der Waals surface area contributed by atoms with Crippen LogP contribution >= 0.6 is 15.9 Å². The van der Waals surface area contributed by atoms with Crippen molar-refractivity contribution >= 4 is 15.9 Å². The third-order valence-corrected chi connectivity index (χ3v) is 2.45. The molecule has 0 amide bonds. The van der Waals surface area contributed by atoms with Crippen molar-refractivity contribution in [3.63, 3.8) is 0 Å². The molecule has 0 aliphatic carbocycles. The zero-order chi connectivity index (χ0) is 10.1. The minimum absolute atomic E-state index is 0.436. The molecule has 1 unspecified atom stereocenters. The standard InChI is InChI=1S/C8H8BrN3O2/c1-12-4-6(10-11-12)7(13)8-5(9)2-3-14-8/h2-4,7,13H,1H3. The summed E-state index contributed by atoms with van der Waals surface area (Å²) in [5.74, 6) is 0.436. The highest BCUT2D eigenvalue weighted by molar-refractivity contribution is 9.10. The lowest BCUT2D eigenvalue weighted by atomic mass is 10.2. The molecule has 2 rings (SSSR count). The lowest BCUT2D eigenvalue weighted by Crippen LogP contribution is -1.99. The van der Waals surface area contributed by atoms with Crippen LogP contribution in [-0.2, 0) is 7.05 Å². The van der Waals surface area contributed by atoms with Crippen molar-refractivity contribution in [2.24, 2.45) is 7.05 Å². The minimum atomic E-state index is -0.881. The van der Waals surface area contributed by atoms with Crippen molar-refractivity contribution in [3.05, 3.63) is 34.5 Å². The zero-order valence-electron chi connectivity index (χ0n) is 7.38. The van der Waals surface area contributed by atoms with Crippen LogP contribution in [0.5, 0.6) is 0 Å². The molecule has 1 N–H and O–H groups in total. The SMILES string of the molecule is Cn1cc(C(O)c2occc2Br)nn1. The topological polar surface area (TPSA) is 64.1 Å². The van der Waals surface area contributed by atoms with Gasteiger partial charge in [0.05, 0.1) is 16.9 Å². The Bertz CT molecular complexity index is 437. The molecule has 74 valence electrons. The Morgan fingerprint density at radius 1 is 1.64 bits per heavy atom. The summed E-state index contributed by atoms with van der Waals surface area (Å²) in [6, 6.07) is 1.72. The summed E-state index contributed by atoms with van der Waals surface area (Å²) in [5.41, 5.74) is 0.461.